The third-order valence-electron chi connectivity index (χ3n) is 4.15. The summed E-state index contributed by atoms with van der Waals surface area (Å²) in [5, 5.41) is 11.1. The highest BCUT2D eigenvalue weighted by atomic mass is 16.6. The third kappa shape index (κ3) is 3.69. The van der Waals surface area contributed by atoms with Crippen molar-refractivity contribution >= 4 is 11.4 Å². The van der Waals surface area contributed by atoms with E-state index < -0.39 is 4.92 Å². The van der Waals surface area contributed by atoms with Crippen LogP contribution in [0.1, 0.15) is 18.9 Å². The molecule has 1 saturated heterocycles. The molecule has 1 unspecified atom stereocenters. The number of hydrazine groups is 1. The Kier molecular flexibility index (Phi) is 5.11. The number of nitrogens with one attached hydrogen (secondary N) is 1. The highest BCUT2D eigenvalue weighted by Gasteiger charge is 2.23. The molecule has 7 nitrogen and oxygen atoms in total. The van der Waals surface area contributed by atoms with Crippen molar-refractivity contribution in [2.75, 3.05) is 32.1 Å². The molecule has 0 aliphatic carbocycles. The average molecular weight is 293 g/mol. The number of nitro groups is 1. The van der Waals surface area contributed by atoms with Crippen LogP contribution in [0.2, 0.25) is 0 Å². The van der Waals surface area contributed by atoms with Gasteiger partial charge in [-0.05, 0) is 25.1 Å². The predicted octanol–water partition coefficient (Wildman–Crippen LogP) is 1.41. The topological polar surface area (TPSA) is 87.7 Å². The highest BCUT2D eigenvalue weighted by molar-refractivity contribution is 5.61. The number of likely N-dealkylation sites (N-methyl/N-ethyl adjacent to an activating group) is 1. The van der Waals surface area contributed by atoms with Crippen LogP contribution in [0.15, 0.2) is 18.2 Å². The first kappa shape index (κ1) is 15.7. The third-order valence-corrected chi connectivity index (χ3v) is 4.15. The molecule has 1 atom stereocenters. The van der Waals surface area contributed by atoms with E-state index in [4.69, 9.17) is 5.84 Å². The number of nitrogens with zero attached hydrogens (tertiary/aromatic N) is 3. The lowest BCUT2D eigenvalue weighted by atomic mass is 10.1. The first-order valence-electron chi connectivity index (χ1n) is 7.21. The number of nitrogens with two attached hydrogens (primary N) is 1. The lowest BCUT2D eigenvalue weighted by Gasteiger charge is -2.39. The van der Waals surface area contributed by atoms with Gasteiger partial charge in [0.15, 0.2) is 0 Å². The number of nitrogen functional groups attached to an aromatic ring is 1. The number of rotatable bonds is 5. The van der Waals surface area contributed by atoms with E-state index in [0.717, 1.165) is 38.2 Å². The van der Waals surface area contributed by atoms with Gasteiger partial charge < -0.3 is 10.3 Å². The smallest absolute Gasteiger partial charge is 0.293 e. The maximum absolute atomic E-state index is 11.1. The quantitative estimate of drug-likeness (QED) is 0.485. The van der Waals surface area contributed by atoms with E-state index in [-0.39, 0.29) is 5.69 Å². The van der Waals surface area contributed by atoms with Gasteiger partial charge in [-0.25, -0.2) is 0 Å². The molecular formula is C14H23N5O2. The molecule has 0 saturated carbocycles. The number of anilines is 1. The zero-order valence-electron chi connectivity index (χ0n) is 12.6. The van der Waals surface area contributed by atoms with Crippen molar-refractivity contribution in [3.05, 3.63) is 33.9 Å². The van der Waals surface area contributed by atoms with E-state index in [9.17, 15) is 10.1 Å². The van der Waals surface area contributed by atoms with Gasteiger partial charge in [0.05, 0.1) is 4.92 Å². The van der Waals surface area contributed by atoms with Crippen molar-refractivity contribution in [3.63, 3.8) is 0 Å². The van der Waals surface area contributed by atoms with Gasteiger partial charge >= 0.3 is 0 Å². The van der Waals surface area contributed by atoms with Gasteiger partial charge in [-0.15, -0.1) is 0 Å². The summed E-state index contributed by atoms with van der Waals surface area (Å²) in [6.45, 7) is 5.94. The van der Waals surface area contributed by atoms with Crippen molar-refractivity contribution in [3.8, 4) is 0 Å². The maximum Gasteiger partial charge on any atom is 0.293 e. The minimum atomic E-state index is -0.405. The van der Waals surface area contributed by atoms with Crippen molar-refractivity contribution in [1.29, 1.82) is 0 Å². The van der Waals surface area contributed by atoms with Gasteiger partial charge in [-0.1, -0.05) is 13.0 Å². The largest absolute Gasteiger partial charge is 0.318 e. The molecule has 0 radical (unpaired) electrons. The standard InChI is InChI=1S/C14H23N5O2/c1-3-12-10-18(7-6-17(12)2)9-11-4-5-13(16-15)14(8-11)19(20)21/h4-5,8,12,16H,3,6-7,9-10,15H2,1-2H3. The molecule has 21 heavy (non-hydrogen) atoms. The predicted molar refractivity (Wildman–Crippen MR) is 82.9 cm³/mol. The van der Waals surface area contributed by atoms with Gasteiger partial charge in [0.1, 0.15) is 5.69 Å². The molecule has 1 aliphatic heterocycles. The molecule has 0 bridgehead atoms. The van der Waals surface area contributed by atoms with Crippen LogP contribution in [0.3, 0.4) is 0 Å². The van der Waals surface area contributed by atoms with Crippen molar-refractivity contribution in [2.24, 2.45) is 5.84 Å². The van der Waals surface area contributed by atoms with Gasteiger partial charge in [0, 0.05) is 38.3 Å². The lowest BCUT2D eigenvalue weighted by Crippen LogP contribution is -2.50. The Morgan fingerprint density at radius 1 is 1.48 bits per heavy atom. The maximum atomic E-state index is 11.1. The Bertz CT molecular complexity index is 508. The summed E-state index contributed by atoms with van der Waals surface area (Å²) in [5.74, 6) is 5.30. The van der Waals surface area contributed by atoms with Crippen LogP contribution in [0.4, 0.5) is 11.4 Å². The molecular weight excluding hydrogens is 270 g/mol. The van der Waals surface area contributed by atoms with Crippen LogP contribution in [-0.2, 0) is 6.54 Å². The summed E-state index contributed by atoms with van der Waals surface area (Å²) >= 11 is 0. The molecule has 1 aromatic carbocycles. The van der Waals surface area contributed by atoms with Gasteiger partial charge in [-0.3, -0.25) is 20.9 Å². The molecule has 0 spiro atoms. The molecule has 2 rings (SSSR count). The van der Waals surface area contributed by atoms with Crippen molar-refractivity contribution in [1.82, 2.24) is 9.80 Å². The lowest BCUT2D eigenvalue weighted by molar-refractivity contribution is -0.384. The Hall–Kier alpha value is -1.70. The minimum Gasteiger partial charge on any atom is -0.318 e. The summed E-state index contributed by atoms with van der Waals surface area (Å²) in [6, 6.07) is 5.72. The normalized spacial score (nSPS) is 20.4. The fourth-order valence-electron chi connectivity index (χ4n) is 2.80. The Morgan fingerprint density at radius 3 is 2.86 bits per heavy atom. The van der Waals surface area contributed by atoms with Crippen LogP contribution in [0, 0.1) is 10.1 Å². The number of nitro benzene ring substituents is 1. The fraction of sp³-hybridized carbons (Fsp3) is 0.571. The summed E-state index contributed by atoms with van der Waals surface area (Å²) in [6.07, 6.45) is 1.11. The van der Waals surface area contributed by atoms with Crippen molar-refractivity contribution in [2.45, 2.75) is 25.9 Å². The molecule has 1 aromatic rings. The molecule has 1 heterocycles. The van der Waals surface area contributed by atoms with E-state index in [1.165, 1.54) is 0 Å². The van der Waals surface area contributed by atoms with E-state index in [1.54, 1.807) is 12.1 Å². The second kappa shape index (κ2) is 6.84. The first-order valence-corrected chi connectivity index (χ1v) is 7.21. The number of piperazine rings is 1. The second-order valence-corrected chi connectivity index (χ2v) is 5.53. The average Bonchev–Trinajstić information content (AvgIpc) is 2.49. The molecule has 1 aliphatic rings. The van der Waals surface area contributed by atoms with Crippen LogP contribution in [-0.4, -0.2) is 47.4 Å². The van der Waals surface area contributed by atoms with E-state index in [0.29, 0.717) is 11.7 Å². The Morgan fingerprint density at radius 2 is 2.24 bits per heavy atom. The minimum absolute atomic E-state index is 0.0242. The van der Waals surface area contributed by atoms with Crippen LogP contribution in [0.5, 0.6) is 0 Å². The molecule has 3 N–H and O–H groups in total. The summed E-state index contributed by atoms with van der Waals surface area (Å²) in [5.41, 5.74) is 3.68. The molecule has 7 heteroatoms. The molecule has 0 aromatic heterocycles. The highest BCUT2D eigenvalue weighted by Crippen LogP contribution is 2.25. The fourth-order valence-corrected chi connectivity index (χ4v) is 2.80. The zero-order valence-corrected chi connectivity index (χ0v) is 12.6. The van der Waals surface area contributed by atoms with Gasteiger partial charge in [0.25, 0.3) is 5.69 Å². The SMILES string of the molecule is CCC1CN(Cc2ccc(NN)c([N+](=O)[O-])c2)CCN1C. The Balaban J connectivity index is 2.09. The van der Waals surface area contributed by atoms with Gasteiger partial charge in [-0.2, -0.15) is 0 Å². The number of hydrogen-bond donors (Lipinski definition) is 2. The molecule has 0 amide bonds. The van der Waals surface area contributed by atoms with Crippen LogP contribution >= 0.6 is 0 Å². The van der Waals surface area contributed by atoms with Crippen LogP contribution < -0.4 is 11.3 Å². The van der Waals surface area contributed by atoms with Gasteiger partial charge in [0.2, 0.25) is 0 Å². The second-order valence-electron chi connectivity index (χ2n) is 5.53. The van der Waals surface area contributed by atoms with Crippen LogP contribution in [0.25, 0.3) is 0 Å². The summed E-state index contributed by atoms with van der Waals surface area (Å²) in [7, 11) is 2.15. The van der Waals surface area contributed by atoms with Crippen molar-refractivity contribution < 1.29 is 4.92 Å². The summed E-state index contributed by atoms with van der Waals surface area (Å²) < 4.78 is 0. The monoisotopic (exact) mass is 293 g/mol. The summed E-state index contributed by atoms with van der Waals surface area (Å²) in [4.78, 5) is 15.4. The first-order chi connectivity index (χ1) is 10.0. The molecule has 1 fully saturated rings. The zero-order chi connectivity index (χ0) is 15.4. The van der Waals surface area contributed by atoms with E-state index >= 15 is 0 Å². The van der Waals surface area contributed by atoms with E-state index in [1.807, 2.05) is 6.07 Å². The number of hydrogen-bond acceptors (Lipinski definition) is 6. The van der Waals surface area contributed by atoms with E-state index in [2.05, 4.69) is 29.2 Å². The Labute approximate surface area is 124 Å². The molecule has 116 valence electrons. The number of benzene rings is 1.